The van der Waals surface area contributed by atoms with Crippen molar-refractivity contribution in [3.05, 3.63) is 65.7 Å². The molecule has 2 aromatic rings. The topological polar surface area (TPSA) is 12.0 Å². The molecule has 0 bridgehead atoms. The summed E-state index contributed by atoms with van der Waals surface area (Å²) in [6.07, 6.45) is 0.648. The minimum atomic E-state index is -0.228. The summed E-state index contributed by atoms with van der Waals surface area (Å²) in [5, 5.41) is 3.38. The third-order valence-corrected chi connectivity index (χ3v) is 4.36. The first-order chi connectivity index (χ1) is 10.2. The van der Waals surface area contributed by atoms with Crippen LogP contribution in [-0.4, -0.2) is 18.3 Å². The average Bonchev–Trinajstić information content (AvgIpc) is 2.49. The Morgan fingerprint density at radius 1 is 1.05 bits per heavy atom. The number of thioether (sulfide) groups is 1. The number of hydrogen-bond acceptors (Lipinski definition) is 2. The molecule has 1 N–H and O–H groups in total. The van der Waals surface area contributed by atoms with Crippen molar-refractivity contribution >= 4 is 11.8 Å². The smallest absolute Gasteiger partial charge is 0.126 e. The Hall–Kier alpha value is -1.39. The summed E-state index contributed by atoms with van der Waals surface area (Å²) in [6, 6.07) is 13.5. The SMILES string of the molecule is CCNC(CSc1ccc(F)cc1)Cc1ccccc1F. The van der Waals surface area contributed by atoms with Crippen molar-refractivity contribution in [3.8, 4) is 0 Å². The van der Waals surface area contributed by atoms with Crippen molar-refractivity contribution in [3.63, 3.8) is 0 Å². The van der Waals surface area contributed by atoms with Crippen LogP contribution >= 0.6 is 11.8 Å². The van der Waals surface area contributed by atoms with Crippen LogP contribution in [0, 0.1) is 11.6 Å². The fourth-order valence-corrected chi connectivity index (χ4v) is 3.09. The van der Waals surface area contributed by atoms with Crippen molar-refractivity contribution in [2.75, 3.05) is 12.3 Å². The van der Waals surface area contributed by atoms with Crippen LogP contribution in [0.4, 0.5) is 8.78 Å². The van der Waals surface area contributed by atoms with Crippen LogP contribution < -0.4 is 5.32 Å². The van der Waals surface area contributed by atoms with E-state index in [2.05, 4.69) is 5.32 Å². The number of hydrogen-bond donors (Lipinski definition) is 1. The molecule has 21 heavy (non-hydrogen) atoms. The number of rotatable bonds is 7. The predicted molar refractivity (Wildman–Crippen MR) is 84.7 cm³/mol. The monoisotopic (exact) mass is 307 g/mol. The summed E-state index contributed by atoms with van der Waals surface area (Å²) in [6.45, 7) is 2.88. The van der Waals surface area contributed by atoms with Gasteiger partial charge in [0.2, 0.25) is 0 Å². The standard InChI is InChI=1S/C17H19F2NS/c1-2-20-15(11-13-5-3-4-6-17(13)19)12-21-16-9-7-14(18)8-10-16/h3-10,15,20H,2,11-12H2,1H3. The van der Waals surface area contributed by atoms with Crippen LogP contribution in [0.2, 0.25) is 0 Å². The van der Waals surface area contributed by atoms with E-state index in [1.165, 1.54) is 18.2 Å². The largest absolute Gasteiger partial charge is 0.313 e. The van der Waals surface area contributed by atoms with E-state index in [0.29, 0.717) is 6.42 Å². The summed E-state index contributed by atoms with van der Waals surface area (Å²) in [5.74, 6) is 0.425. The van der Waals surface area contributed by atoms with Gasteiger partial charge >= 0.3 is 0 Å². The van der Waals surface area contributed by atoms with Crippen LogP contribution in [0.25, 0.3) is 0 Å². The molecule has 4 heteroatoms. The molecule has 0 aliphatic rings. The number of halogens is 2. The highest BCUT2D eigenvalue weighted by Crippen LogP contribution is 2.20. The van der Waals surface area contributed by atoms with Crippen molar-refractivity contribution in [1.82, 2.24) is 5.32 Å². The zero-order valence-electron chi connectivity index (χ0n) is 12.0. The lowest BCUT2D eigenvalue weighted by atomic mass is 10.1. The fourth-order valence-electron chi connectivity index (χ4n) is 2.14. The molecule has 1 atom stereocenters. The minimum Gasteiger partial charge on any atom is -0.313 e. The molecule has 0 radical (unpaired) electrons. The maximum Gasteiger partial charge on any atom is 0.126 e. The van der Waals surface area contributed by atoms with Gasteiger partial charge in [0.25, 0.3) is 0 Å². The van der Waals surface area contributed by atoms with Gasteiger partial charge in [0.1, 0.15) is 11.6 Å². The van der Waals surface area contributed by atoms with Gasteiger partial charge in [-0.05, 0) is 48.9 Å². The second-order valence-corrected chi connectivity index (χ2v) is 5.91. The lowest BCUT2D eigenvalue weighted by molar-refractivity contribution is 0.545. The number of likely N-dealkylation sites (N-methyl/N-ethyl adjacent to an activating group) is 1. The molecule has 0 aliphatic heterocycles. The Labute approximate surface area is 128 Å². The highest BCUT2D eigenvalue weighted by atomic mass is 32.2. The van der Waals surface area contributed by atoms with Gasteiger partial charge in [-0.3, -0.25) is 0 Å². The Kier molecular flexibility index (Phi) is 6.21. The molecule has 0 aromatic heterocycles. The van der Waals surface area contributed by atoms with Crippen LogP contribution in [0.1, 0.15) is 12.5 Å². The van der Waals surface area contributed by atoms with Crippen molar-refractivity contribution in [2.24, 2.45) is 0 Å². The van der Waals surface area contributed by atoms with Gasteiger partial charge in [-0.2, -0.15) is 0 Å². The second kappa shape index (κ2) is 8.15. The van der Waals surface area contributed by atoms with Crippen molar-refractivity contribution in [2.45, 2.75) is 24.3 Å². The van der Waals surface area contributed by atoms with Crippen LogP contribution in [0.3, 0.4) is 0 Å². The number of benzene rings is 2. The predicted octanol–water partition coefficient (Wildman–Crippen LogP) is 4.28. The summed E-state index contributed by atoms with van der Waals surface area (Å²) < 4.78 is 26.6. The van der Waals surface area contributed by atoms with Crippen LogP contribution in [0.5, 0.6) is 0 Å². The van der Waals surface area contributed by atoms with E-state index >= 15 is 0 Å². The molecule has 112 valence electrons. The molecular weight excluding hydrogens is 288 g/mol. The van der Waals surface area contributed by atoms with Crippen LogP contribution in [0.15, 0.2) is 53.4 Å². The third-order valence-electron chi connectivity index (χ3n) is 3.18. The first-order valence-electron chi connectivity index (χ1n) is 7.04. The first kappa shape index (κ1) is 16.0. The second-order valence-electron chi connectivity index (χ2n) is 4.82. The average molecular weight is 307 g/mol. The molecular formula is C17H19F2NS. The van der Waals surface area contributed by atoms with Gasteiger partial charge in [-0.15, -0.1) is 11.8 Å². The highest BCUT2D eigenvalue weighted by Gasteiger charge is 2.11. The lowest BCUT2D eigenvalue weighted by Crippen LogP contribution is -2.33. The van der Waals surface area contributed by atoms with Crippen molar-refractivity contribution < 1.29 is 8.78 Å². The minimum absolute atomic E-state index is 0.160. The van der Waals surface area contributed by atoms with Gasteiger partial charge in [-0.25, -0.2) is 8.78 Å². The first-order valence-corrected chi connectivity index (χ1v) is 8.02. The summed E-state index contributed by atoms with van der Waals surface area (Å²) in [4.78, 5) is 1.02. The molecule has 0 fully saturated rings. The van der Waals surface area contributed by atoms with E-state index in [4.69, 9.17) is 0 Å². The molecule has 0 saturated carbocycles. The van der Waals surface area contributed by atoms with Gasteiger partial charge in [0, 0.05) is 16.7 Å². The molecule has 2 rings (SSSR count). The molecule has 2 aromatic carbocycles. The zero-order chi connectivity index (χ0) is 15.1. The van der Waals surface area contributed by atoms with Crippen LogP contribution in [-0.2, 0) is 6.42 Å². The maximum absolute atomic E-state index is 13.7. The molecule has 1 nitrogen and oxygen atoms in total. The summed E-state index contributed by atoms with van der Waals surface area (Å²) in [7, 11) is 0. The van der Waals surface area contributed by atoms with E-state index in [9.17, 15) is 8.78 Å². The summed E-state index contributed by atoms with van der Waals surface area (Å²) in [5.41, 5.74) is 0.725. The van der Waals surface area contributed by atoms with E-state index in [0.717, 1.165) is 22.8 Å². The van der Waals surface area contributed by atoms with Gasteiger partial charge in [0.15, 0.2) is 0 Å². The maximum atomic E-state index is 13.7. The normalized spacial score (nSPS) is 12.3. The van der Waals surface area contributed by atoms with Gasteiger partial charge < -0.3 is 5.32 Å². The number of nitrogens with one attached hydrogen (secondary N) is 1. The Morgan fingerprint density at radius 2 is 1.76 bits per heavy atom. The molecule has 0 amide bonds. The quantitative estimate of drug-likeness (QED) is 0.766. The lowest BCUT2D eigenvalue weighted by Gasteiger charge is -2.18. The molecule has 1 unspecified atom stereocenters. The van der Waals surface area contributed by atoms with E-state index in [1.807, 2.05) is 19.1 Å². The van der Waals surface area contributed by atoms with Gasteiger partial charge in [0.05, 0.1) is 0 Å². The fraction of sp³-hybridized carbons (Fsp3) is 0.294. The van der Waals surface area contributed by atoms with E-state index < -0.39 is 0 Å². The molecule has 0 spiro atoms. The molecule has 0 saturated heterocycles. The molecule has 0 heterocycles. The van der Waals surface area contributed by atoms with E-state index in [1.54, 1.807) is 30.0 Å². The molecule has 0 aliphatic carbocycles. The summed E-state index contributed by atoms with van der Waals surface area (Å²) >= 11 is 1.65. The van der Waals surface area contributed by atoms with Crippen molar-refractivity contribution in [1.29, 1.82) is 0 Å². The zero-order valence-corrected chi connectivity index (χ0v) is 12.8. The van der Waals surface area contributed by atoms with E-state index in [-0.39, 0.29) is 17.7 Å². The highest BCUT2D eigenvalue weighted by molar-refractivity contribution is 7.99. The Bertz CT molecular complexity index is 557. The Balaban J connectivity index is 1.95. The third kappa shape index (κ3) is 5.14. The Morgan fingerprint density at radius 3 is 2.43 bits per heavy atom. The van der Waals surface area contributed by atoms with Gasteiger partial charge in [-0.1, -0.05) is 25.1 Å².